The summed E-state index contributed by atoms with van der Waals surface area (Å²) in [5.74, 6) is -2.37. The van der Waals surface area contributed by atoms with Crippen LogP contribution in [0.25, 0.3) is 0 Å². The molecule has 0 fully saturated rings. The lowest BCUT2D eigenvalue weighted by atomic mass is 10.0. The minimum Gasteiger partial charge on any atom is -0.478 e. The number of rotatable bonds is 6. The minimum absolute atomic E-state index is 0.00140. The second kappa shape index (κ2) is 11.6. The van der Waals surface area contributed by atoms with Crippen LogP contribution in [0.15, 0.2) is 42.5 Å². The number of aryl methyl sites for hydroxylation is 1. The Morgan fingerprint density at radius 3 is 2.17 bits per heavy atom. The van der Waals surface area contributed by atoms with Crippen molar-refractivity contribution in [2.75, 3.05) is 11.4 Å². The molecular weight excluding hydrogens is 542 g/mol. The molecule has 40 heavy (non-hydrogen) atoms. The average molecular weight is 571 g/mol. The van der Waals surface area contributed by atoms with Crippen molar-refractivity contribution in [3.05, 3.63) is 81.5 Å². The predicted octanol–water partition coefficient (Wildman–Crippen LogP) is 6.46. The fourth-order valence-corrected chi connectivity index (χ4v) is 4.37. The molecule has 0 aliphatic carbocycles. The lowest BCUT2D eigenvalue weighted by Crippen LogP contribution is -2.31. The number of aromatic carboxylic acids is 1. The average Bonchev–Trinajstić information content (AvgIpc) is 3.46. The molecule has 2 aromatic carbocycles. The molecule has 3 aromatic rings. The van der Waals surface area contributed by atoms with Crippen LogP contribution in [0.1, 0.15) is 75.5 Å². The van der Waals surface area contributed by atoms with Gasteiger partial charge in [-0.25, -0.2) is 9.48 Å². The van der Waals surface area contributed by atoms with E-state index in [0.29, 0.717) is 5.56 Å². The first kappa shape index (κ1) is 30.5. The Hall–Kier alpha value is -4.03. The summed E-state index contributed by atoms with van der Waals surface area (Å²) in [6, 6.07) is 8.38. The number of hydrogen-bond donors (Lipinski definition) is 2. The zero-order chi connectivity index (χ0) is 30.0. The number of carbonyl (C=O) groups is 2. The standard InChI is InChI=1S/C25H22F6N4O3.C2H6/c1-13-3-4-15(11-18(13)24(26,27)28)12-34-9-10-35-22(34)19(20(33-35)25(29,30)31)21(36)32-14(2)16-5-7-17(8-6-16)23(37)38;1-2/h3-8,11,14H,9-10,12H2,1-2H3,(H,32,36)(H,37,38);1-2H3. The maximum atomic E-state index is 13.9. The van der Waals surface area contributed by atoms with Crippen molar-refractivity contribution in [3.8, 4) is 0 Å². The predicted molar refractivity (Wildman–Crippen MR) is 135 cm³/mol. The third kappa shape index (κ3) is 6.40. The Labute approximate surface area is 226 Å². The van der Waals surface area contributed by atoms with Gasteiger partial charge in [0.25, 0.3) is 5.91 Å². The Morgan fingerprint density at radius 2 is 1.62 bits per heavy atom. The Kier molecular flexibility index (Phi) is 8.85. The number of nitrogens with zero attached hydrogens (tertiary/aromatic N) is 3. The smallest absolute Gasteiger partial charge is 0.436 e. The van der Waals surface area contributed by atoms with E-state index in [4.69, 9.17) is 5.11 Å². The van der Waals surface area contributed by atoms with Crippen molar-refractivity contribution >= 4 is 17.7 Å². The van der Waals surface area contributed by atoms with Gasteiger partial charge in [0.05, 0.1) is 23.7 Å². The number of anilines is 1. The summed E-state index contributed by atoms with van der Waals surface area (Å²) in [4.78, 5) is 25.6. The summed E-state index contributed by atoms with van der Waals surface area (Å²) in [7, 11) is 0. The Bertz CT molecular complexity index is 1380. The van der Waals surface area contributed by atoms with Crippen LogP contribution in [0.3, 0.4) is 0 Å². The first-order chi connectivity index (χ1) is 18.7. The zero-order valence-corrected chi connectivity index (χ0v) is 22.1. The second-order valence-corrected chi connectivity index (χ2v) is 8.96. The fourth-order valence-electron chi connectivity index (χ4n) is 4.37. The van der Waals surface area contributed by atoms with E-state index in [1.807, 2.05) is 13.8 Å². The van der Waals surface area contributed by atoms with Crippen LogP contribution in [0.5, 0.6) is 0 Å². The molecule has 2 N–H and O–H groups in total. The van der Waals surface area contributed by atoms with Crippen molar-refractivity contribution in [3.63, 3.8) is 0 Å². The fraction of sp³-hybridized carbons (Fsp3) is 0.370. The van der Waals surface area contributed by atoms with E-state index in [0.717, 1.165) is 10.7 Å². The normalized spacial score (nSPS) is 13.8. The first-order valence-corrected chi connectivity index (χ1v) is 12.4. The molecular formula is C27H28F6N4O3. The number of amides is 1. The number of fused-ring (bicyclic) bond motifs is 1. The molecule has 1 atom stereocenters. The highest BCUT2D eigenvalue weighted by Gasteiger charge is 2.44. The van der Waals surface area contributed by atoms with Gasteiger partial charge in [-0.1, -0.05) is 38.1 Å². The van der Waals surface area contributed by atoms with Crippen LogP contribution in [-0.4, -0.2) is 33.3 Å². The van der Waals surface area contributed by atoms with Crippen molar-refractivity contribution in [1.29, 1.82) is 0 Å². The van der Waals surface area contributed by atoms with E-state index in [1.165, 1.54) is 55.1 Å². The Morgan fingerprint density at radius 1 is 1.00 bits per heavy atom. The SMILES string of the molecule is CC.Cc1ccc(CN2CCn3nc(C(F)(F)F)c(C(=O)NC(C)c4ccc(C(=O)O)cc4)c32)cc1C(F)(F)F. The van der Waals surface area contributed by atoms with Crippen LogP contribution in [0.2, 0.25) is 0 Å². The zero-order valence-electron chi connectivity index (χ0n) is 22.1. The van der Waals surface area contributed by atoms with Crippen LogP contribution < -0.4 is 10.2 Å². The molecule has 216 valence electrons. The Balaban J connectivity index is 0.00000216. The molecule has 13 heteroatoms. The molecule has 0 saturated carbocycles. The number of carboxylic acid groups (broad SMARTS) is 1. The van der Waals surface area contributed by atoms with Gasteiger partial charge in [-0.05, 0) is 48.7 Å². The summed E-state index contributed by atoms with van der Waals surface area (Å²) >= 11 is 0. The monoisotopic (exact) mass is 570 g/mol. The number of hydrogen-bond acceptors (Lipinski definition) is 4. The molecule has 1 aliphatic rings. The molecule has 1 unspecified atom stereocenters. The van der Waals surface area contributed by atoms with Gasteiger partial charge < -0.3 is 15.3 Å². The molecule has 0 saturated heterocycles. The van der Waals surface area contributed by atoms with E-state index in [9.17, 15) is 35.9 Å². The van der Waals surface area contributed by atoms with Gasteiger partial charge in [-0.15, -0.1) is 0 Å². The topological polar surface area (TPSA) is 87.5 Å². The lowest BCUT2D eigenvalue weighted by Gasteiger charge is -2.22. The molecule has 0 bridgehead atoms. The summed E-state index contributed by atoms with van der Waals surface area (Å²) in [5.41, 5.74) is -2.30. The van der Waals surface area contributed by atoms with Crippen molar-refractivity contribution < 1.29 is 41.0 Å². The number of benzene rings is 2. The highest BCUT2D eigenvalue weighted by atomic mass is 19.4. The number of halogens is 6. The molecule has 1 aromatic heterocycles. The van der Waals surface area contributed by atoms with E-state index in [2.05, 4.69) is 10.4 Å². The van der Waals surface area contributed by atoms with Gasteiger partial charge in [-0.2, -0.15) is 31.4 Å². The van der Waals surface area contributed by atoms with E-state index < -0.39 is 47.1 Å². The van der Waals surface area contributed by atoms with Crippen LogP contribution in [0, 0.1) is 6.92 Å². The molecule has 1 amide bonds. The van der Waals surface area contributed by atoms with Crippen LogP contribution >= 0.6 is 0 Å². The van der Waals surface area contributed by atoms with Crippen molar-refractivity contribution in [2.24, 2.45) is 0 Å². The number of carbonyl (C=O) groups excluding carboxylic acids is 1. The van der Waals surface area contributed by atoms with Gasteiger partial charge in [-0.3, -0.25) is 4.79 Å². The quantitative estimate of drug-likeness (QED) is 0.332. The number of aromatic nitrogens is 2. The van der Waals surface area contributed by atoms with Gasteiger partial charge in [0.1, 0.15) is 11.4 Å². The summed E-state index contributed by atoms with van der Waals surface area (Å²) < 4.78 is 82.8. The highest BCUT2D eigenvalue weighted by Crippen LogP contribution is 2.39. The number of alkyl halides is 6. The molecule has 4 rings (SSSR count). The summed E-state index contributed by atoms with van der Waals surface area (Å²) in [6.07, 6.45) is -9.56. The number of carboxylic acids is 1. The maximum Gasteiger partial charge on any atom is 0.436 e. The third-order valence-electron chi connectivity index (χ3n) is 6.29. The van der Waals surface area contributed by atoms with Gasteiger partial charge in [0, 0.05) is 13.1 Å². The summed E-state index contributed by atoms with van der Waals surface area (Å²) in [5, 5.41) is 15.1. The van der Waals surface area contributed by atoms with Crippen LogP contribution in [0.4, 0.5) is 32.2 Å². The molecule has 0 radical (unpaired) electrons. The van der Waals surface area contributed by atoms with E-state index >= 15 is 0 Å². The minimum atomic E-state index is -4.96. The second-order valence-electron chi connectivity index (χ2n) is 8.96. The molecule has 0 spiro atoms. The van der Waals surface area contributed by atoms with Gasteiger partial charge in [0.2, 0.25) is 0 Å². The third-order valence-corrected chi connectivity index (χ3v) is 6.29. The molecule has 7 nitrogen and oxygen atoms in total. The van der Waals surface area contributed by atoms with Crippen molar-refractivity contribution in [1.82, 2.24) is 15.1 Å². The van der Waals surface area contributed by atoms with Gasteiger partial charge >= 0.3 is 18.3 Å². The molecule has 1 aliphatic heterocycles. The van der Waals surface area contributed by atoms with E-state index in [-0.39, 0.29) is 42.1 Å². The molecule has 2 heterocycles. The van der Waals surface area contributed by atoms with Crippen molar-refractivity contribution in [2.45, 2.75) is 59.2 Å². The highest BCUT2D eigenvalue weighted by molar-refractivity contribution is 6.01. The lowest BCUT2D eigenvalue weighted by molar-refractivity contribution is -0.142. The largest absolute Gasteiger partial charge is 0.478 e. The maximum absolute atomic E-state index is 13.9. The first-order valence-electron chi connectivity index (χ1n) is 12.4. The van der Waals surface area contributed by atoms with E-state index in [1.54, 1.807) is 0 Å². The number of nitrogens with one attached hydrogen (secondary N) is 1. The van der Waals surface area contributed by atoms with Gasteiger partial charge in [0.15, 0.2) is 5.69 Å². The van der Waals surface area contributed by atoms with Crippen LogP contribution in [-0.2, 0) is 25.4 Å². The summed E-state index contributed by atoms with van der Waals surface area (Å²) in [6.45, 7) is 6.82.